The SMILES string of the molecule is CCOc1cccc(N2C(=O)/C(=C\c3ccn(-c4ccc(OC)cc4)c3)C(=O)NC2=S)c1. The fourth-order valence-electron chi connectivity index (χ4n) is 3.35. The maximum absolute atomic E-state index is 13.2. The molecule has 2 amide bonds. The van der Waals surface area contributed by atoms with Crippen LogP contribution in [0.2, 0.25) is 0 Å². The molecule has 1 fully saturated rings. The van der Waals surface area contributed by atoms with E-state index in [1.54, 1.807) is 37.5 Å². The smallest absolute Gasteiger partial charge is 0.270 e. The topological polar surface area (TPSA) is 72.8 Å². The van der Waals surface area contributed by atoms with E-state index in [0.717, 1.165) is 11.4 Å². The Morgan fingerprint density at radius 3 is 2.53 bits per heavy atom. The second kappa shape index (κ2) is 9.07. The van der Waals surface area contributed by atoms with E-state index in [4.69, 9.17) is 21.7 Å². The zero-order chi connectivity index (χ0) is 22.7. The number of thiocarbonyl (C=S) groups is 1. The number of methoxy groups -OCH3 is 1. The molecule has 8 heteroatoms. The fraction of sp³-hybridized carbons (Fsp3) is 0.125. The van der Waals surface area contributed by atoms with Crippen LogP contribution < -0.4 is 19.7 Å². The van der Waals surface area contributed by atoms with E-state index in [-0.39, 0.29) is 10.7 Å². The van der Waals surface area contributed by atoms with Gasteiger partial charge < -0.3 is 14.0 Å². The predicted octanol–water partition coefficient (Wildman–Crippen LogP) is 3.72. The molecular weight excluding hydrogens is 426 g/mol. The van der Waals surface area contributed by atoms with Crippen molar-refractivity contribution in [2.24, 2.45) is 0 Å². The molecule has 0 radical (unpaired) electrons. The normalized spacial score (nSPS) is 15.1. The summed E-state index contributed by atoms with van der Waals surface area (Å²) in [5, 5.41) is 2.63. The summed E-state index contributed by atoms with van der Waals surface area (Å²) in [7, 11) is 1.61. The highest BCUT2D eigenvalue weighted by atomic mass is 32.1. The Morgan fingerprint density at radius 1 is 1.03 bits per heavy atom. The van der Waals surface area contributed by atoms with Crippen molar-refractivity contribution in [1.82, 2.24) is 9.88 Å². The largest absolute Gasteiger partial charge is 0.497 e. The maximum Gasteiger partial charge on any atom is 0.270 e. The first kappa shape index (κ1) is 21.3. The van der Waals surface area contributed by atoms with Gasteiger partial charge in [0.15, 0.2) is 5.11 Å². The standard InChI is InChI=1S/C24H21N3O4S/c1-3-31-20-6-4-5-18(14-20)27-23(29)21(22(28)25-24(27)32)13-16-11-12-26(15-16)17-7-9-19(30-2)10-8-17/h4-15H,3H2,1-2H3,(H,25,28,32)/b21-13-. The van der Waals surface area contributed by atoms with Gasteiger partial charge in [0.1, 0.15) is 17.1 Å². The van der Waals surface area contributed by atoms with Gasteiger partial charge in [-0.2, -0.15) is 0 Å². The minimum Gasteiger partial charge on any atom is -0.497 e. The maximum atomic E-state index is 13.2. The van der Waals surface area contributed by atoms with Gasteiger partial charge in [-0.05, 0) is 73.2 Å². The van der Waals surface area contributed by atoms with Crippen LogP contribution in [-0.2, 0) is 9.59 Å². The van der Waals surface area contributed by atoms with Gasteiger partial charge in [-0.25, -0.2) is 0 Å². The summed E-state index contributed by atoms with van der Waals surface area (Å²) < 4.78 is 12.6. The number of nitrogens with zero attached hydrogens (tertiary/aromatic N) is 2. The third-order valence-corrected chi connectivity index (χ3v) is 5.17. The molecule has 1 aliphatic heterocycles. The molecular formula is C24H21N3O4S. The number of carbonyl (C=O) groups excluding carboxylic acids is 2. The van der Waals surface area contributed by atoms with Gasteiger partial charge >= 0.3 is 0 Å². The van der Waals surface area contributed by atoms with E-state index in [9.17, 15) is 9.59 Å². The van der Waals surface area contributed by atoms with Crippen LogP contribution in [0.1, 0.15) is 12.5 Å². The van der Waals surface area contributed by atoms with E-state index in [1.807, 2.05) is 54.2 Å². The van der Waals surface area contributed by atoms with Gasteiger partial charge in [0, 0.05) is 24.1 Å². The number of nitrogens with one attached hydrogen (secondary N) is 1. The number of rotatable bonds is 6. The number of hydrogen-bond donors (Lipinski definition) is 1. The molecule has 1 N–H and O–H groups in total. The van der Waals surface area contributed by atoms with E-state index in [1.165, 1.54) is 4.90 Å². The average molecular weight is 448 g/mol. The van der Waals surface area contributed by atoms with E-state index in [0.29, 0.717) is 23.6 Å². The van der Waals surface area contributed by atoms with Gasteiger partial charge in [0.2, 0.25) is 0 Å². The summed E-state index contributed by atoms with van der Waals surface area (Å²) in [5.74, 6) is 0.343. The molecule has 0 spiro atoms. The highest BCUT2D eigenvalue weighted by molar-refractivity contribution is 7.80. The number of amides is 2. The van der Waals surface area contributed by atoms with Crippen molar-refractivity contribution in [3.8, 4) is 17.2 Å². The molecule has 0 aliphatic carbocycles. The fourth-order valence-corrected chi connectivity index (χ4v) is 3.63. The van der Waals surface area contributed by atoms with E-state index >= 15 is 0 Å². The lowest BCUT2D eigenvalue weighted by Crippen LogP contribution is -2.54. The van der Waals surface area contributed by atoms with Crippen LogP contribution in [0.15, 0.2) is 72.6 Å². The molecule has 162 valence electrons. The van der Waals surface area contributed by atoms with Crippen LogP contribution in [0.5, 0.6) is 11.5 Å². The second-order valence-corrected chi connectivity index (χ2v) is 7.33. The van der Waals surface area contributed by atoms with Crippen molar-refractivity contribution in [2.75, 3.05) is 18.6 Å². The molecule has 0 unspecified atom stereocenters. The second-order valence-electron chi connectivity index (χ2n) is 6.94. The van der Waals surface area contributed by atoms with Crippen molar-refractivity contribution in [2.45, 2.75) is 6.92 Å². The molecule has 7 nitrogen and oxygen atoms in total. The quantitative estimate of drug-likeness (QED) is 0.354. The number of ether oxygens (including phenoxy) is 2. The highest BCUT2D eigenvalue weighted by Crippen LogP contribution is 2.26. The van der Waals surface area contributed by atoms with Gasteiger partial charge in [0.05, 0.1) is 19.4 Å². The average Bonchev–Trinajstić information content (AvgIpc) is 3.26. The van der Waals surface area contributed by atoms with Gasteiger partial charge in [-0.15, -0.1) is 0 Å². The molecule has 2 aromatic carbocycles. The lowest BCUT2D eigenvalue weighted by Gasteiger charge is -2.29. The third kappa shape index (κ3) is 4.26. The summed E-state index contributed by atoms with van der Waals surface area (Å²) >= 11 is 5.27. The summed E-state index contributed by atoms with van der Waals surface area (Å²) in [6.07, 6.45) is 5.24. The van der Waals surface area contributed by atoms with Crippen LogP contribution in [0.25, 0.3) is 11.8 Å². The third-order valence-electron chi connectivity index (χ3n) is 4.89. The summed E-state index contributed by atoms with van der Waals surface area (Å²) in [6.45, 7) is 2.37. The monoisotopic (exact) mass is 447 g/mol. The van der Waals surface area contributed by atoms with Crippen molar-refractivity contribution in [1.29, 1.82) is 0 Å². The minimum atomic E-state index is -0.533. The first-order valence-electron chi connectivity index (χ1n) is 9.97. The molecule has 1 aromatic heterocycles. The molecule has 1 aliphatic rings. The number of aromatic nitrogens is 1. The minimum absolute atomic E-state index is 0.00658. The molecule has 2 heterocycles. The lowest BCUT2D eigenvalue weighted by molar-refractivity contribution is -0.122. The van der Waals surface area contributed by atoms with Crippen LogP contribution >= 0.6 is 12.2 Å². The van der Waals surface area contributed by atoms with Crippen LogP contribution in [0.4, 0.5) is 5.69 Å². The Kier molecular flexibility index (Phi) is 6.04. The summed E-state index contributed by atoms with van der Waals surface area (Å²) in [4.78, 5) is 27.1. The van der Waals surface area contributed by atoms with E-state index in [2.05, 4.69) is 5.32 Å². The molecule has 3 aromatic rings. The van der Waals surface area contributed by atoms with Crippen molar-refractivity contribution in [3.63, 3.8) is 0 Å². The van der Waals surface area contributed by atoms with Crippen molar-refractivity contribution in [3.05, 3.63) is 78.1 Å². The lowest BCUT2D eigenvalue weighted by atomic mass is 10.1. The van der Waals surface area contributed by atoms with E-state index < -0.39 is 11.8 Å². The zero-order valence-electron chi connectivity index (χ0n) is 17.6. The number of anilines is 1. The Bertz CT molecular complexity index is 1210. The number of benzene rings is 2. The molecule has 0 saturated carbocycles. The number of carbonyl (C=O) groups is 2. The first-order valence-corrected chi connectivity index (χ1v) is 10.4. The van der Waals surface area contributed by atoms with Crippen molar-refractivity contribution < 1.29 is 19.1 Å². The van der Waals surface area contributed by atoms with Crippen LogP contribution in [0, 0.1) is 0 Å². The summed E-state index contributed by atoms with van der Waals surface area (Å²) in [6, 6.07) is 16.4. The number of hydrogen-bond acceptors (Lipinski definition) is 5. The van der Waals surface area contributed by atoms with Gasteiger partial charge in [0.25, 0.3) is 11.8 Å². The predicted molar refractivity (Wildman–Crippen MR) is 126 cm³/mol. The van der Waals surface area contributed by atoms with Gasteiger partial charge in [-0.1, -0.05) is 6.07 Å². The first-order chi connectivity index (χ1) is 15.5. The zero-order valence-corrected chi connectivity index (χ0v) is 18.4. The Balaban J connectivity index is 1.63. The van der Waals surface area contributed by atoms with Crippen molar-refractivity contribution >= 4 is 40.9 Å². The molecule has 4 rings (SSSR count). The highest BCUT2D eigenvalue weighted by Gasteiger charge is 2.34. The Morgan fingerprint density at radius 2 is 1.81 bits per heavy atom. The van der Waals surface area contributed by atoms with Gasteiger partial charge in [-0.3, -0.25) is 19.8 Å². The van der Waals surface area contributed by atoms with Crippen LogP contribution in [-0.4, -0.2) is 35.2 Å². The molecule has 1 saturated heterocycles. The molecule has 0 atom stereocenters. The Hall–Kier alpha value is -3.91. The Labute approximate surface area is 190 Å². The summed E-state index contributed by atoms with van der Waals surface area (Å²) in [5.41, 5.74) is 2.14. The molecule has 32 heavy (non-hydrogen) atoms. The van der Waals surface area contributed by atoms with Crippen LogP contribution in [0.3, 0.4) is 0 Å². The molecule has 0 bridgehead atoms.